The number of carboxylic acids is 1. The van der Waals surface area contributed by atoms with E-state index in [9.17, 15) is 34.8 Å². The second-order valence-corrected chi connectivity index (χ2v) is 37.0. The van der Waals surface area contributed by atoms with Gasteiger partial charge in [-0.15, -0.1) is 0 Å². The summed E-state index contributed by atoms with van der Waals surface area (Å²) in [5.41, 5.74) is 7.02. The number of unbranched alkanes of at least 4 members (excludes halogenated alkanes) is 44. The largest absolute Gasteiger partial charge is 0.481 e. The number of esters is 1. The van der Waals surface area contributed by atoms with Crippen molar-refractivity contribution in [3.8, 4) is 0 Å². The Morgan fingerprint density at radius 2 is 0.889 bits per heavy atom. The standard InChI is InChI=1S/C106H180O11/c1-13-14-15-16-17-18-19-20-21-22-25-28-33-38-43-48-53-58-78-94(97(108)79-59-54-49-44-39-34-29-26-23-24-27-31-36-41-46-51-56-67-87(2)68-57-52-47-42-37-32-30-35-40-45-50-55-60-80-99(109)110)103(114)115-86-98-100(111)101(112)102(113)104(116-98)117-106(11,12)84-66-77-91(6)75-64-74-90(5)73-63-71-88(3)69-61-62-70-89(4)72-65-76-92(7)81-82-95-93(8)96(107)83-85-105(95,9)10/h57,61-65,68-76,81-82,87,94,97-98,100-102,104,108,111-113H,13-56,58-60,66-67,77-80,83-86H2,1-12H3,(H,109,110)/b62-61+,68-57-,71-63+,72-65+,74-64+,82-81+,88-69+,89-70+,90-73+,91-75+,92-76+. The van der Waals surface area contributed by atoms with E-state index in [1.807, 2.05) is 20.8 Å². The van der Waals surface area contributed by atoms with Gasteiger partial charge in [-0.3, -0.25) is 14.4 Å². The van der Waals surface area contributed by atoms with E-state index >= 15 is 0 Å². The van der Waals surface area contributed by atoms with Gasteiger partial charge >= 0.3 is 11.9 Å². The van der Waals surface area contributed by atoms with E-state index in [0.29, 0.717) is 38.0 Å². The lowest BCUT2D eigenvalue weighted by molar-refractivity contribution is -0.324. The monoisotopic (exact) mass is 1630 g/mol. The fraction of sp³-hybridized carbons (Fsp3) is 0.745. The van der Waals surface area contributed by atoms with Crippen molar-refractivity contribution in [1.82, 2.24) is 0 Å². The van der Waals surface area contributed by atoms with Crippen molar-refractivity contribution in [2.24, 2.45) is 17.3 Å². The van der Waals surface area contributed by atoms with E-state index in [1.165, 1.54) is 262 Å². The van der Waals surface area contributed by atoms with Crippen molar-refractivity contribution in [2.75, 3.05) is 6.61 Å². The van der Waals surface area contributed by atoms with Gasteiger partial charge in [0.25, 0.3) is 0 Å². The second kappa shape index (κ2) is 70.8. The zero-order valence-corrected chi connectivity index (χ0v) is 77.4. The molecule has 670 valence electrons. The number of carbonyl (C=O) groups excluding carboxylic acids is 2. The van der Waals surface area contributed by atoms with E-state index in [-0.39, 0.29) is 17.8 Å². The Hall–Kier alpha value is -4.75. The molecule has 0 aromatic heterocycles. The minimum absolute atomic E-state index is 0.00916. The number of allylic oxidation sites excluding steroid dienone is 24. The summed E-state index contributed by atoms with van der Waals surface area (Å²) < 4.78 is 18.4. The number of aliphatic hydroxyl groups is 4. The molecule has 1 saturated heterocycles. The van der Waals surface area contributed by atoms with Gasteiger partial charge in [0.2, 0.25) is 0 Å². The fourth-order valence-corrected chi connectivity index (χ4v) is 16.3. The van der Waals surface area contributed by atoms with Crippen molar-refractivity contribution in [2.45, 2.75) is 485 Å². The van der Waals surface area contributed by atoms with Gasteiger partial charge in [-0.1, -0.05) is 441 Å². The van der Waals surface area contributed by atoms with Crippen LogP contribution in [0.2, 0.25) is 0 Å². The Balaban J connectivity index is 1.77. The first-order valence-corrected chi connectivity index (χ1v) is 48.5. The van der Waals surface area contributed by atoms with E-state index in [1.54, 1.807) is 0 Å². The average Bonchev–Trinajstić information content (AvgIpc) is 0.811. The van der Waals surface area contributed by atoms with E-state index < -0.39 is 60.3 Å². The number of ketones is 1. The third kappa shape index (κ3) is 58.8. The van der Waals surface area contributed by atoms with Crippen LogP contribution in [0.5, 0.6) is 0 Å². The molecular weight excluding hydrogens is 1450 g/mol. The topological polar surface area (TPSA) is 180 Å². The first-order valence-electron chi connectivity index (χ1n) is 48.5. The van der Waals surface area contributed by atoms with Crippen LogP contribution in [0.3, 0.4) is 0 Å². The van der Waals surface area contributed by atoms with Crippen molar-refractivity contribution in [3.63, 3.8) is 0 Å². The number of hydrogen-bond acceptors (Lipinski definition) is 10. The van der Waals surface area contributed by atoms with Crippen LogP contribution in [-0.2, 0) is 28.6 Å². The molecule has 0 aromatic rings. The molecule has 1 fully saturated rings. The molecular formula is C106H180O11. The predicted molar refractivity (Wildman–Crippen MR) is 498 cm³/mol. The minimum Gasteiger partial charge on any atom is -0.481 e. The highest BCUT2D eigenvalue weighted by atomic mass is 16.7. The third-order valence-electron chi connectivity index (χ3n) is 24.4. The van der Waals surface area contributed by atoms with Crippen LogP contribution >= 0.6 is 0 Å². The summed E-state index contributed by atoms with van der Waals surface area (Å²) in [4.78, 5) is 37.0. The molecule has 1 aliphatic carbocycles. The summed E-state index contributed by atoms with van der Waals surface area (Å²) in [6.45, 7) is 25.0. The van der Waals surface area contributed by atoms with E-state index in [2.05, 4.69) is 166 Å². The minimum atomic E-state index is -1.57. The van der Waals surface area contributed by atoms with Crippen molar-refractivity contribution < 1.29 is 54.1 Å². The Morgan fingerprint density at radius 1 is 0.496 bits per heavy atom. The van der Waals surface area contributed by atoms with E-state index in [0.717, 1.165) is 104 Å². The number of rotatable bonds is 74. The zero-order valence-electron chi connectivity index (χ0n) is 77.4. The van der Waals surface area contributed by atoms with Crippen LogP contribution < -0.4 is 0 Å². The quantitative estimate of drug-likeness (QED) is 0.0169. The van der Waals surface area contributed by atoms with Gasteiger partial charge in [-0.05, 0) is 142 Å². The smallest absolute Gasteiger partial charge is 0.311 e. The van der Waals surface area contributed by atoms with Gasteiger partial charge in [0.05, 0.1) is 17.6 Å². The van der Waals surface area contributed by atoms with Crippen LogP contribution in [0.15, 0.2) is 142 Å². The molecule has 0 saturated carbocycles. The summed E-state index contributed by atoms with van der Waals surface area (Å²) in [6.07, 6.45) is 94.4. The molecule has 8 atom stereocenters. The van der Waals surface area contributed by atoms with Gasteiger partial charge in [-0.2, -0.15) is 0 Å². The molecule has 0 spiro atoms. The Kier molecular flexibility index (Phi) is 65.5. The maximum atomic E-state index is 14.1. The molecule has 11 nitrogen and oxygen atoms in total. The summed E-state index contributed by atoms with van der Waals surface area (Å²) in [7, 11) is 0. The molecule has 1 aliphatic heterocycles. The lowest BCUT2D eigenvalue weighted by atomic mass is 9.72. The summed E-state index contributed by atoms with van der Waals surface area (Å²) in [5.74, 6) is -0.930. The number of ether oxygens (including phenoxy) is 3. The third-order valence-corrected chi connectivity index (χ3v) is 24.4. The van der Waals surface area contributed by atoms with Crippen molar-refractivity contribution >= 4 is 17.7 Å². The number of carbonyl (C=O) groups is 3. The Labute approximate surface area is 719 Å². The average molecular weight is 1630 g/mol. The molecule has 0 bridgehead atoms. The van der Waals surface area contributed by atoms with Crippen LogP contribution in [0.25, 0.3) is 0 Å². The zero-order chi connectivity index (χ0) is 85.8. The van der Waals surface area contributed by atoms with Gasteiger partial charge < -0.3 is 39.7 Å². The molecule has 2 aliphatic rings. The number of Topliss-reactive ketones (excluding diaryl/α,β-unsaturated/α-hetero) is 1. The summed E-state index contributed by atoms with van der Waals surface area (Å²) in [6, 6.07) is 0. The molecule has 0 radical (unpaired) electrons. The van der Waals surface area contributed by atoms with Crippen LogP contribution in [0.1, 0.15) is 443 Å². The molecule has 8 unspecified atom stereocenters. The number of hydrogen-bond donors (Lipinski definition) is 5. The Morgan fingerprint density at radius 3 is 1.34 bits per heavy atom. The summed E-state index contributed by atoms with van der Waals surface area (Å²) >= 11 is 0. The van der Waals surface area contributed by atoms with Gasteiger partial charge in [0.15, 0.2) is 12.1 Å². The van der Waals surface area contributed by atoms with Crippen molar-refractivity contribution in [3.05, 3.63) is 142 Å². The number of aliphatic carboxylic acids is 1. The molecule has 2 rings (SSSR count). The number of aliphatic hydroxyl groups excluding tert-OH is 4. The highest BCUT2D eigenvalue weighted by Crippen LogP contribution is 2.40. The molecule has 0 amide bonds. The fourth-order valence-electron chi connectivity index (χ4n) is 16.3. The number of carboxylic acid groups (broad SMARTS) is 1. The highest BCUT2D eigenvalue weighted by molar-refractivity contribution is 5.97. The molecule has 0 aromatic carbocycles. The first kappa shape index (κ1) is 108. The lowest BCUT2D eigenvalue weighted by Crippen LogP contribution is -2.60. The van der Waals surface area contributed by atoms with Crippen LogP contribution in [-0.4, -0.2) is 92.3 Å². The highest BCUT2D eigenvalue weighted by Gasteiger charge is 2.47. The second-order valence-electron chi connectivity index (χ2n) is 37.0. The molecule has 11 heteroatoms. The predicted octanol–water partition coefficient (Wildman–Crippen LogP) is 29.7. The Bertz CT molecular complexity index is 2940. The van der Waals surface area contributed by atoms with Crippen LogP contribution in [0, 0.1) is 17.3 Å². The molecule has 117 heavy (non-hydrogen) atoms. The van der Waals surface area contributed by atoms with Crippen molar-refractivity contribution in [1.29, 1.82) is 0 Å². The maximum absolute atomic E-state index is 14.1. The molecule has 1 heterocycles. The first-order chi connectivity index (χ1) is 56.4. The normalized spacial score (nSPS) is 19.2. The maximum Gasteiger partial charge on any atom is 0.311 e. The SMILES string of the molecule is CCCCCCCCCCCCCCCCCCCCC(C(=O)OCC1OC(OC(C)(C)CCC/C(C)=C/C=C/C(C)=C/C=C/C(C)=C/C=C/C=C(C)/C=C/C=C(C)/C=C/C2=C(C)C(=O)CCC2(C)C)C(O)C(O)C1O)C(O)CCCCCCCCCCCCCCCCCCCC(C)/C=C\CCCCCCCCCCCCCC(=O)O. The van der Waals surface area contributed by atoms with Gasteiger partial charge in [0.1, 0.15) is 31.0 Å². The lowest BCUT2D eigenvalue weighted by Gasteiger charge is -2.43. The van der Waals surface area contributed by atoms with Gasteiger partial charge in [0, 0.05) is 12.8 Å². The summed E-state index contributed by atoms with van der Waals surface area (Å²) in [5, 5.41) is 53.9. The van der Waals surface area contributed by atoms with Gasteiger partial charge in [-0.25, -0.2) is 0 Å². The van der Waals surface area contributed by atoms with Crippen LogP contribution in [0.4, 0.5) is 0 Å². The molecule has 5 N–H and O–H groups in total. The van der Waals surface area contributed by atoms with E-state index in [4.69, 9.17) is 19.3 Å².